The van der Waals surface area contributed by atoms with E-state index in [9.17, 15) is 17.6 Å². The summed E-state index contributed by atoms with van der Waals surface area (Å²) in [7, 11) is 0. The summed E-state index contributed by atoms with van der Waals surface area (Å²) in [6, 6.07) is 3.18. The molecule has 0 bridgehead atoms. The maximum Gasteiger partial charge on any atom is 0.415 e. The van der Waals surface area contributed by atoms with Gasteiger partial charge in [0.1, 0.15) is 11.6 Å². The summed E-state index contributed by atoms with van der Waals surface area (Å²) in [6.07, 6.45) is -7.15. The smallest absolute Gasteiger partial charge is 0.415 e. The zero-order chi connectivity index (χ0) is 13.1. The third-order valence-electron chi connectivity index (χ3n) is 1.99. The molecule has 1 aromatic carbocycles. The molecular weight excluding hydrogens is 242 g/mol. The average Bonchev–Trinajstić information content (AvgIpc) is 2.14. The van der Waals surface area contributed by atoms with Gasteiger partial charge >= 0.3 is 6.18 Å². The third kappa shape index (κ3) is 4.58. The van der Waals surface area contributed by atoms with Crippen LogP contribution in [0.2, 0.25) is 0 Å². The number of halogens is 4. The van der Waals surface area contributed by atoms with Crippen LogP contribution in [0.5, 0.6) is 5.75 Å². The van der Waals surface area contributed by atoms with E-state index in [1.165, 1.54) is 6.07 Å². The molecule has 3 N–H and O–H groups in total. The van der Waals surface area contributed by atoms with Gasteiger partial charge in [-0.05, 0) is 17.7 Å². The molecule has 0 aliphatic rings. The molecule has 0 heterocycles. The molecule has 0 aliphatic carbocycles. The Labute approximate surface area is 94.7 Å². The first kappa shape index (κ1) is 13.7. The highest BCUT2D eigenvalue weighted by Gasteiger charge is 2.37. The van der Waals surface area contributed by atoms with Crippen LogP contribution in [0, 0.1) is 5.82 Å². The lowest BCUT2D eigenvalue weighted by molar-refractivity contribution is -0.201. The maximum atomic E-state index is 12.8. The summed E-state index contributed by atoms with van der Waals surface area (Å²) in [5.41, 5.74) is 0.289. The van der Waals surface area contributed by atoms with Crippen molar-refractivity contribution in [1.82, 2.24) is 5.32 Å². The number of aromatic hydroxyl groups is 1. The predicted octanol–water partition coefficient (Wildman–Crippen LogP) is 1.54. The molecule has 0 aliphatic heterocycles. The Morgan fingerprint density at radius 2 is 1.88 bits per heavy atom. The number of phenols is 1. The van der Waals surface area contributed by atoms with Crippen LogP contribution in [-0.4, -0.2) is 29.0 Å². The van der Waals surface area contributed by atoms with E-state index in [4.69, 9.17) is 10.2 Å². The van der Waals surface area contributed by atoms with Gasteiger partial charge in [-0.2, -0.15) is 13.2 Å². The quantitative estimate of drug-likeness (QED) is 0.713. The Morgan fingerprint density at radius 3 is 2.41 bits per heavy atom. The topological polar surface area (TPSA) is 52.5 Å². The number of aliphatic hydroxyl groups excluding tert-OH is 1. The van der Waals surface area contributed by atoms with Crippen molar-refractivity contribution < 1.29 is 27.8 Å². The van der Waals surface area contributed by atoms with Gasteiger partial charge in [0.25, 0.3) is 0 Å². The third-order valence-corrected chi connectivity index (χ3v) is 1.99. The van der Waals surface area contributed by atoms with Crippen molar-refractivity contribution in [2.45, 2.75) is 18.8 Å². The number of benzene rings is 1. The van der Waals surface area contributed by atoms with Gasteiger partial charge in [-0.3, -0.25) is 0 Å². The van der Waals surface area contributed by atoms with Crippen molar-refractivity contribution in [2.75, 3.05) is 6.54 Å². The number of phenolic OH excluding ortho intramolecular Hbond substituents is 1. The van der Waals surface area contributed by atoms with Gasteiger partial charge in [0.05, 0.1) is 0 Å². The molecule has 1 atom stereocenters. The van der Waals surface area contributed by atoms with E-state index < -0.39 is 24.6 Å². The van der Waals surface area contributed by atoms with Crippen LogP contribution in [0.15, 0.2) is 18.2 Å². The first-order valence-corrected chi connectivity index (χ1v) is 4.73. The van der Waals surface area contributed by atoms with Gasteiger partial charge in [-0.1, -0.05) is 0 Å². The number of aliphatic hydroxyl groups is 1. The molecule has 1 rings (SSSR count). The predicted molar refractivity (Wildman–Crippen MR) is 51.8 cm³/mol. The van der Waals surface area contributed by atoms with E-state index in [1.807, 2.05) is 0 Å². The molecule has 96 valence electrons. The molecule has 0 fully saturated rings. The van der Waals surface area contributed by atoms with Crippen LogP contribution >= 0.6 is 0 Å². The lowest BCUT2D eigenvalue weighted by atomic mass is 10.2. The summed E-state index contributed by atoms with van der Waals surface area (Å²) in [4.78, 5) is 0. The lowest BCUT2D eigenvalue weighted by Crippen LogP contribution is -2.38. The average molecular weight is 253 g/mol. The fourth-order valence-electron chi connectivity index (χ4n) is 1.20. The maximum absolute atomic E-state index is 12.8. The van der Waals surface area contributed by atoms with Gasteiger partial charge in [0.15, 0.2) is 6.10 Å². The van der Waals surface area contributed by atoms with E-state index in [2.05, 4.69) is 5.32 Å². The zero-order valence-electron chi connectivity index (χ0n) is 8.63. The Morgan fingerprint density at radius 1 is 1.24 bits per heavy atom. The largest absolute Gasteiger partial charge is 0.508 e. The Hall–Kier alpha value is -1.34. The lowest BCUT2D eigenvalue weighted by Gasteiger charge is -2.15. The first-order chi connectivity index (χ1) is 7.79. The second kappa shape index (κ2) is 5.33. The van der Waals surface area contributed by atoms with Gasteiger partial charge < -0.3 is 15.5 Å². The second-order valence-corrected chi connectivity index (χ2v) is 3.51. The van der Waals surface area contributed by atoms with Crippen molar-refractivity contribution in [3.05, 3.63) is 29.6 Å². The zero-order valence-corrected chi connectivity index (χ0v) is 8.63. The van der Waals surface area contributed by atoms with Crippen LogP contribution in [0.1, 0.15) is 5.56 Å². The molecular formula is C10H11F4NO2. The Kier molecular flexibility index (Phi) is 4.30. The molecule has 0 saturated carbocycles. The summed E-state index contributed by atoms with van der Waals surface area (Å²) >= 11 is 0. The molecule has 0 aromatic heterocycles. The highest BCUT2D eigenvalue weighted by molar-refractivity contribution is 5.28. The van der Waals surface area contributed by atoms with E-state index in [-0.39, 0.29) is 17.9 Å². The highest BCUT2D eigenvalue weighted by Crippen LogP contribution is 2.19. The van der Waals surface area contributed by atoms with Crippen LogP contribution in [0.3, 0.4) is 0 Å². The molecule has 0 saturated heterocycles. The van der Waals surface area contributed by atoms with Crippen molar-refractivity contribution in [3.63, 3.8) is 0 Å². The number of hydrogen-bond donors (Lipinski definition) is 3. The first-order valence-electron chi connectivity index (χ1n) is 4.73. The molecule has 7 heteroatoms. The Balaban J connectivity index is 2.46. The van der Waals surface area contributed by atoms with Crippen LogP contribution in [0.4, 0.5) is 17.6 Å². The number of alkyl halides is 3. The van der Waals surface area contributed by atoms with Gasteiger partial charge in [0.2, 0.25) is 0 Å². The molecule has 17 heavy (non-hydrogen) atoms. The number of rotatable bonds is 4. The van der Waals surface area contributed by atoms with Crippen molar-refractivity contribution in [3.8, 4) is 5.75 Å². The summed E-state index contributed by atoms with van der Waals surface area (Å²) in [5.74, 6) is -0.990. The number of nitrogens with one attached hydrogen (secondary N) is 1. The van der Waals surface area contributed by atoms with E-state index in [0.717, 1.165) is 12.1 Å². The van der Waals surface area contributed by atoms with Crippen LogP contribution in [0.25, 0.3) is 0 Å². The molecule has 0 amide bonds. The van der Waals surface area contributed by atoms with E-state index in [0.29, 0.717) is 0 Å². The summed E-state index contributed by atoms with van der Waals surface area (Å²) in [6.45, 7) is -0.779. The monoisotopic (exact) mass is 253 g/mol. The minimum Gasteiger partial charge on any atom is -0.508 e. The standard InChI is InChI=1S/C10H11F4NO2/c11-7-1-6(2-8(16)3-7)4-15-5-9(17)10(12,13)14/h1-3,9,15-17H,4-5H2. The summed E-state index contributed by atoms with van der Waals surface area (Å²) in [5, 5.41) is 20.0. The summed E-state index contributed by atoms with van der Waals surface area (Å²) < 4.78 is 48.5. The van der Waals surface area contributed by atoms with E-state index >= 15 is 0 Å². The molecule has 3 nitrogen and oxygen atoms in total. The van der Waals surface area contributed by atoms with Crippen LogP contribution < -0.4 is 5.32 Å². The van der Waals surface area contributed by atoms with Crippen molar-refractivity contribution in [1.29, 1.82) is 0 Å². The number of hydrogen-bond acceptors (Lipinski definition) is 3. The minimum atomic E-state index is -4.68. The van der Waals surface area contributed by atoms with Gasteiger partial charge in [-0.15, -0.1) is 0 Å². The highest BCUT2D eigenvalue weighted by atomic mass is 19.4. The normalized spacial score (nSPS) is 13.7. The Bertz CT molecular complexity index is 361. The van der Waals surface area contributed by atoms with E-state index in [1.54, 1.807) is 0 Å². The SMILES string of the molecule is Oc1cc(F)cc(CNCC(O)C(F)(F)F)c1. The molecule has 0 spiro atoms. The van der Waals surface area contributed by atoms with Crippen molar-refractivity contribution in [2.24, 2.45) is 0 Å². The molecule has 1 unspecified atom stereocenters. The van der Waals surface area contributed by atoms with Crippen LogP contribution in [-0.2, 0) is 6.54 Å². The fourth-order valence-corrected chi connectivity index (χ4v) is 1.20. The van der Waals surface area contributed by atoms with Gasteiger partial charge in [0, 0.05) is 19.2 Å². The minimum absolute atomic E-state index is 0.0849. The van der Waals surface area contributed by atoms with Crippen molar-refractivity contribution >= 4 is 0 Å². The van der Waals surface area contributed by atoms with Gasteiger partial charge in [-0.25, -0.2) is 4.39 Å². The molecule has 1 aromatic rings. The second-order valence-electron chi connectivity index (χ2n) is 3.51. The molecule has 0 radical (unpaired) electrons. The fraction of sp³-hybridized carbons (Fsp3) is 0.400.